The first kappa shape index (κ1) is 14.2. The number of aromatic amines is 1. The predicted molar refractivity (Wildman–Crippen MR) is 75.7 cm³/mol. The third-order valence-corrected chi connectivity index (χ3v) is 3.01. The Morgan fingerprint density at radius 1 is 1.35 bits per heavy atom. The summed E-state index contributed by atoms with van der Waals surface area (Å²) in [6.45, 7) is 0.612. The third kappa shape index (κ3) is 4.47. The lowest BCUT2D eigenvalue weighted by Crippen LogP contribution is -2.28. The van der Waals surface area contributed by atoms with E-state index in [1.807, 2.05) is 30.3 Å². The van der Waals surface area contributed by atoms with Gasteiger partial charge in [0.1, 0.15) is 12.2 Å². The molecule has 2 aromatic rings. The third-order valence-electron chi connectivity index (χ3n) is 3.01. The maximum atomic E-state index is 11.8. The molecule has 6 nitrogen and oxygen atoms in total. The van der Waals surface area contributed by atoms with Crippen LogP contribution in [0.3, 0.4) is 0 Å². The number of aryl methyl sites for hydroxylation is 1. The number of H-pyrrole nitrogens is 1. The second-order valence-electron chi connectivity index (χ2n) is 4.61. The van der Waals surface area contributed by atoms with Crippen molar-refractivity contribution in [3.63, 3.8) is 0 Å². The van der Waals surface area contributed by atoms with E-state index in [-0.39, 0.29) is 11.9 Å². The average Bonchev–Trinajstić information content (AvgIpc) is 2.98. The number of nitrogens with one attached hydrogen (secondary N) is 2. The number of amides is 1. The maximum Gasteiger partial charge on any atom is 0.221 e. The smallest absolute Gasteiger partial charge is 0.221 e. The van der Waals surface area contributed by atoms with Gasteiger partial charge in [0.05, 0.1) is 0 Å². The normalized spacial score (nSPS) is 12.1. The molecule has 0 saturated carbocycles. The molecular weight excluding hydrogens is 254 g/mol. The molecule has 0 radical (unpaired) electrons. The van der Waals surface area contributed by atoms with E-state index >= 15 is 0 Å². The Kier molecular flexibility index (Phi) is 5.25. The Bertz CT molecular complexity index is 512. The minimum absolute atomic E-state index is 0.0288. The second-order valence-corrected chi connectivity index (χ2v) is 4.61. The molecule has 1 unspecified atom stereocenters. The van der Waals surface area contributed by atoms with E-state index in [0.29, 0.717) is 13.0 Å². The van der Waals surface area contributed by atoms with Crippen LogP contribution >= 0.6 is 0 Å². The summed E-state index contributed by atoms with van der Waals surface area (Å²) < 4.78 is 0. The fraction of sp³-hybridized carbons (Fsp3) is 0.357. The molecule has 0 fully saturated rings. The molecule has 1 heterocycles. The number of nitrogens with zero attached hydrogens (tertiary/aromatic N) is 2. The lowest BCUT2D eigenvalue weighted by atomic mass is 10.0. The Morgan fingerprint density at radius 2 is 2.15 bits per heavy atom. The van der Waals surface area contributed by atoms with Crippen LogP contribution in [0.5, 0.6) is 0 Å². The highest BCUT2D eigenvalue weighted by atomic mass is 16.1. The summed E-state index contributed by atoms with van der Waals surface area (Å²) >= 11 is 0. The summed E-state index contributed by atoms with van der Waals surface area (Å²) in [5.41, 5.74) is 6.97. The van der Waals surface area contributed by atoms with Crippen molar-refractivity contribution >= 4 is 5.91 Å². The molecular formula is C14H19N5O. The first-order chi connectivity index (χ1) is 9.75. The lowest BCUT2D eigenvalue weighted by Gasteiger charge is -2.11. The number of benzene rings is 1. The van der Waals surface area contributed by atoms with Gasteiger partial charge in [-0.2, -0.15) is 5.10 Å². The molecule has 0 aliphatic heterocycles. The van der Waals surface area contributed by atoms with E-state index in [2.05, 4.69) is 20.5 Å². The highest BCUT2D eigenvalue weighted by Crippen LogP contribution is 2.12. The van der Waals surface area contributed by atoms with Crippen LogP contribution in [0.25, 0.3) is 0 Å². The molecule has 2 rings (SSSR count). The maximum absolute atomic E-state index is 11.8. The van der Waals surface area contributed by atoms with Crippen LogP contribution in [0, 0.1) is 0 Å². The molecule has 0 aliphatic carbocycles. The molecule has 0 aliphatic rings. The molecule has 4 N–H and O–H groups in total. The van der Waals surface area contributed by atoms with E-state index in [4.69, 9.17) is 5.73 Å². The Labute approximate surface area is 117 Å². The first-order valence-electron chi connectivity index (χ1n) is 6.67. The van der Waals surface area contributed by atoms with Gasteiger partial charge in [-0.1, -0.05) is 30.3 Å². The van der Waals surface area contributed by atoms with E-state index in [9.17, 15) is 4.79 Å². The van der Waals surface area contributed by atoms with Crippen LogP contribution in [-0.2, 0) is 11.2 Å². The van der Waals surface area contributed by atoms with Gasteiger partial charge < -0.3 is 11.1 Å². The highest BCUT2D eigenvalue weighted by molar-refractivity contribution is 5.76. The number of carbonyl (C=O) groups is 1. The van der Waals surface area contributed by atoms with Crippen molar-refractivity contribution in [1.82, 2.24) is 20.5 Å². The van der Waals surface area contributed by atoms with Crippen LogP contribution in [0.2, 0.25) is 0 Å². The summed E-state index contributed by atoms with van der Waals surface area (Å²) in [4.78, 5) is 15.8. The quantitative estimate of drug-likeness (QED) is 0.654. The summed E-state index contributed by atoms with van der Waals surface area (Å²) in [6, 6.07) is 9.38. The SMILES string of the molecule is NC(CC(=O)NCCCc1ncn[nH]1)c1ccccc1. The molecule has 1 amide bonds. The number of hydrogen-bond acceptors (Lipinski definition) is 4. The predicted octanol–water partition coefficient (Wildman–Crippen LogP) is 0.944. The monoisotopic (exact) mass is 273 g/mol. The van der Waals surface area contributed by atoms with Gasteiger partial charge in [-0.25, -0.2) is 4.98 Å². The largest absolute Gasteiger partial charge is 0.356 e. The van der Waals surface area contributed by atoms with Crippen LogP contribution in [0.15, 0.2) is 36.7 Å². The van der Waals surface area contributed by atoms with Crippen LogP contribution in [0.1, 0.15) is 30.3 Å². The van der Waals surface area contributed by atoms with Crippen molar-refractivity contribution in [2.45, 2.75) is 25.3 Å². The molecule has 1 atom stereocenters. The molecule has 1 aromatic heterocycles. The van der Waals surface area contributed by atoms with Crippen molar-refractivity contribution in [3.05, 3.63) is 48.0 Å². The molecule has 0 saturated heterocycles. The van der Waals surface area contributed by atoms with Gasteiger partial charge in [0.2, 0.25) is 5.91 Å². The fourth-order valence-corrected chi connectivity index (χ4v) is 1.92. The van der Waals surface area contributed by atoms with Gasteiger partial charge in [0.25, 0.3) is 0 Å². The van der Waals surface area contributed by atoms with Gasteiger partial charge in [-0.3, -0.25) is 9.89 Å². The van der Waals surface area contributed by atoms with Crippen molar-refractivity contribution < 1.29 is 4.79 Å². The number of nitrogens with two attached hydrogens (primary N) is 1. The second kappa shape index (κ2) is 7.40. The minimum atomic E-state index is -0.259. The van der Waals surface area contributed by atoms with Crippen molar-refractivity contribution in [1.29, 1.82) is 0 Å². The Balaban J connectivity index is 1.65. The van der Waals surface area contributed by atoms with E-state index < -0.39 is 0 Å². The zero-order valence-corrected chi connectivity index (χ0v) is 11.2. The van der Waals surface area contributed by atoms with Gasteiger partial charge in [-0.05, 0) is 12.0 Å². The summed E-state index contributed by atoms with van der Waals surface area (Å²) in [7, 11) is 0. The Morgan fingerprint density at radius 3 is 2.85 bits per heavy atom. The Hall–Kier alpha value is -2.21. The van der Waals surface area contributed by atoms with Crippen molar-refractivity contribution in [2.75, 3.05) is 6.54 Å². The summed E-state index contributed by atoms with van der Waals surface area (Å²) in [5, 5.41) is 9.42. The van der Waals surface area contributed by atoms with E-state index in [1.165, 1.54) is 6.33 Å². The fourth-order valence-electron chi connectivity index (χ4n) is 1.92. The van der Waals surface area contributed by atoms with Crippen LogP contribution < -0.4 is 11.1 Å². The molecule has 0 spiro atoms. The minimum Gasteiger partial charge on any atom is -0.356 e. The van der Waals surface area contributed by atoms with Crippen LogP contribution in [0.4, 0.5) is 0 Å². The standard InChI is InChI=1S/C14H19N5O/c15-12(11-5-2-1-3-6-11)9-14(20)16-8-4-7-13-17-10-18-19-13/h1-3,5-6,10,12H,4,7-9,15H2,(H,16,20)(H,17,18,19). The van der Waals surface area contributed by atoms with Gasteiger partial charge in [0.15, 0.2) is 0 Å². The molecule has 20 heavy (non-hydrogen) atoms. The number of hydrogen-bond donors (Lipinski definition) is 3. The molecule has 106 valence electrons. The number of rotatable bonds is 7. The molecule has 0 bridgehead atoms. The number of aromatic nitrogens is 3. The summed E-state index contributed by atoms with van der Waals surface area (Å²) in [5.74, 6) is 0.805. The van der Waals surface area contributed by atoms with Crippen LogP contribution in [-0.4, -0.2) is 27.6 Å². The summed E-state index contributed by atoms with van der Waals surface area (Å²) in [6.07, 6.45) is 3.37. The lowest BCUT2D eigenvalue weighted by molar-refractivity contribution is -0.121. The molecule has 1 aromatic carbocycles. The zero-order chi connectivity index (χ0) is 14.2. The van der Waals surface area contributed by atoms with Gasteiger partial charge in [-0.15, -0.1) is 0 Å². The van der Waals surface area contributed by atoms with Gasteiger partial charge in [0, 0.05) is 25.4 Å². The number of carbonyl (C=O) groups excluding carboxylic acids is 1. The molecule has 6 heteroatoms. The van der Waals surface area contributed by atoms with Crippen molar-refractivity contribution in [3.8, 4) is 0 Å². The van der Waals surface area contributed by atoms with E-state index in [0.717, 1.165) is 24.2 Å². The first-order valence-corrected chi connectivity index (χ1v) is 6.67. The van der Waals surface area contributed by atoms with Gasteiger partial charge >= 0.3 is 0 Å². The highest BCUT2D eigenvalue weighted by Gasteiger charge is 2.10. The topological polar surface area (TPSA) is 96.7 Å². The van der Waals surface area contributed by atoms with E-state index in [1.54, 1.807) is 0 Å². The van der Waals surface area contributed by atoms with Crippen molar-refractivity contribution in [2.24, 2.45) is 5.73 Å². The average molecular weight is 273 g/mol. The zero-order valence-electron chi connectivity index (χ0n) is 11.2.